The first kappa shape index (κ1) is 17.9. The molecule has 1 atom stereocenters. The number of hydrogen-bond donors (Lipinski definition) is 2. The van der Waals surface area contributed by atoms with E-state index in [-0.39, 0.29) is 0 Å². The van der Waals surface area contributed by atoms with Gasteiger partial charge in [-0.2, -0.15) is 0 Å². The van der Waals surface area contributed by atoms with Gasteiger partial charge in [-0.3, -0.25) is 0 Å². The lowest BCUT2D eigenvalue weighted by atomic mass is 10.0. The first-order valence-electron chi connectivity index (χ1n) is 6.54. The molecule has 1 unspecified atom stereocenters. The minimum Gasteiger partial charge on any atom is -0.304 e. The van der Waals surface area contributed by atoms with Crippen LogP contribution in [-0.4, -0.2) is 21.3 Å². The van der Waals surface area contributed by atoms with Gasteiger partial charge in [-0.1, -0.05) is 40.5 Å². The van der Waals surface area contributed by atoms with Crippen LogP contribution in [0.25, 0.3) is 0 Å². The molecule has 0 saturated heterocycles. The third-order valence-electron chi connectivity index (χ3n) is 2.60. The quantitative estimate of drug-likeness (QED) is 0.491. The van der Waals surface area contributed by atoms with Crippen molar-refractivity contribution >= 4 is 28.0 Å². The molecule has 0 aliphatic heterocycles. The summed E-state index contributed by atoms with van der Waals surface area (Å²) in [5, 5.41) is 0. The second-order valence-electron chi connectivity index (χ2n) is 4.89. The van der Waals surface area contributed by atoms with Crippen molar-refractivity contribution in [1.29, 1.82) is 0 Å². The molecular weight excluding hydrogens is 271 g/mol. The Kier molecular flexibility index (Phi) is 10.3. The molecule has 2 nitrogen and oxygen atoms in total. The second-order valence-corrected chi connectivity index (χ2v) is 12.4. The summed E-state index contributed by atoms with van der Waals surface area (Å²) in [5.74, 6) is 2.88. The van der Waals surface area contributed by atoms with Crippen LogP contribution >= 0.6 is 17.1 Å². The fraction of sp³-hybridized carbons (Fsp3) is 1.00. The van der Waals surface area contributed by atoms with E-state index < -0.39 is 5.69 Å². The lowest BCUT2D eigenvalue weighted by Gasteiger charge is -2.07. The second kappa shape index (κ2) is 9.80. The van der Waals surface area contributed by atoms with Crippen molar-refractivity contribution < 1.29 is 9.79 Å². The standard InChI is InChI=1S/C12H28O2PS2/c1-5-7-8-12(6-2)10-17-15(13,14)16-9-11(3)4/h11-14H,5-10H2,1-4H3/q+1. The van der Waals surface area contributed by atoms with Gasteiger partial charge in [-0.25, -0.2) is 0 Å². The average Bonchev–Trinajstić information content (AvgIpc) is 2.27. The highest BCUT2D eigenvalue weighted by atomic mass is 32.9. The monoisotopic (exact) mass is 299 g/mol. The molecule has 0 saturated carbocycles. The third-order valence-corrected chi connectivity index (χ3v) is 9.52. The zero-order valence-corrected chi connectivity index (χ0v) is 14.1. The summed E-state index contributed by atoms with van der Waals surface area (Å²) in [5.41, 5.74) is -2.76. The van der Waals surface area contributed by atoms with Gasteiger partial charge >= 0.3 is 5.69 Å². The third kappa shape index (κ3) is 10.5. The van der Waals surface area contributed by atoms with Gasteiger partial charge in [-0.15, -0.1) is 0 Å². The first-order valence-corrected chi connectivity index (χ1v) is 11.4. The van der Waals surface area contributed by atoms with Crippen molar-refractivity contribution in [2.75, 3.05) is 11.5 Å². The van der Waals surface area contributed by atoms with Crippen LogP contribution in [0.3, 0.4) is 0 Å². The van der Waals surface area contributed by atoms with Gasteiger partial charge < -0.3 is 9.79 Å². The zero-order chi connectivity index (χ0) is 13.3. The van der Waals surface area contributed by atoms with Gasteiger partial charge in [0.05, 0.1) is 0 Å². The van der Waals surface area contributed by atoms with Crippen LogP contribution in [0.1, 0.15) is 53.4 Å². The average molecular weight is 299 g/mol. The van der Waals surface area contributed by atoms with E-state index >= 15 is 0 Å². The largest absolute Gasteiger partial charge is 0.430 e. The van der Waals surface area contributed by atoms with Crippen molar-refractivity contribution in [2.24, 2.45) is 11.8 Å². The van der Waals surface area contributed by atoms with Crippen LogP contribution in [0, 0.1) is 11.8 Å². The lowest BCUT2D eigenvalue weighted by molar-refractivity contribution is 0.494. The minimum atomic E-state index is -2.76. The van der Waals surface area contributed by atoms with E-state index in [0.29, 0.717) is 11.8 Å². The minimum absolute atomic E-state index is 0.515. The first-order chi connectivity index (χ1) is 7.91. The molecule has 0 aliphatic carbocycles. The number of rotatable bonds is 9. The summed E-state index contributed by atoms with van der Waals surface area (Å²) < 4.78 is 0. The van der Waals surface area contributed by atoms with Gasteiger partial charge in [0.15, 0.2) is 5.75 Å². The highest BCUT2D eigenvalue weighted by molar-refractivity contribution is 8.69. The van der Waals surface area contributed by atoms with Gasteiger partial charge in [0, 0.05) is 11.7 Å². The van der Waals surface area contributed by atoms with Crippen molar-refractivity contribution in [3.8, 4) is 0 Å². The Balaban J connectivity index is 4.15. The Hall–Kier alpha value is 0.920. The van der Waals surface area contributed by atoms with E-state index in [1.165, 1.54) is 41.6 Å². The van der Waals surface area contributed by atoms with Crippen LogP contribution in [0.5, 0.6) is 0 Å². The highest BCUT2D eigenvalue weighted by Gasteiger charge is 2.26. The van der Waals surface area contributed by atoms with Gasteiger partial charge in [0.25, 0.3) is 0 Å². The molecule has 0 amide bonds. The summed E-state index contributed by atoms with van der Waals surface area (Å²) in [6.45, 7) is 8.60. The van der Waals surface area contributed by atoms with E-state index in [0.717, 1.165) is 17.9 Å². The molecule has 2 N–H and O–H groups in total. The van der Waals surface area contributed by atoms with Crippen LogP contribution in [0.4, 0.5) is 0 Å². The maximum atomic E-state index is 9.93. The molecule has 0 aliphatic rings. The summed E-state index contributed by atoms with van der Waals surface area (Å²) in [6, 6.07) is 0. The van der Waals surface area contributed by atoms with Gasteiger partial charge in [0.1, 0.15) is 0 Å². The molecule has 0 aromatic carbocycles. The molecule has 0 rings (SSSR count). The van der Waals surface area contributed by atoms with E-state index in [1.807, 2.05) is 0 Å². The Morgan fingerprint density at radius 3 is 2.35 bits per heavy atom. The fourth-order valence-electron chi connectivity index (χ4n) is 1.38. The van der Waals surface area contributed by atoms with Crippen LogP contribution in [0.15, 0.2) is 0 Å². The molecule has 0 fully saturated rings. The maximum Gasteiger partial charge on any atom is 0.430 e. The Bertz CT molecular complexity index is 239. The van der Waals surface area contributed by atoms with Crippen LogP contribution < -0.4 is 0 Å². The SMILES string of the molecule is CCCCC(CC)C[S+]=P(O)(O)SCC(C)C. The Labute approximate surface area is 114 Å². The molecule has 0 heterocycles. The van der Waals surface area contributed by atoms with Crippen molar-refractivity contribution in [3.05, 3.63) is 0 Å². The fourth-order valence-corrected chi connectivity index (χ4v) is 7.44. The lowest BCUT2D eigenvalue weighted by Crippen LogP contribution is -2.04. The molecule has 0 aromatic rings. The van der Waals surface area contributed by atoms with Crippen LogP contribution in [-0.2, 0) is 10.9 Å². The molecule has 104 valence electrons. The maximum absolute atomic E-state index is 9.93. The molecule has 17 heavy (non-hydrogen) atoms. The molecule has 0 radical (unpaired) electrons. The Morgan fingerprint density at radius 1 is 1.24 bits per heavy atom. The normalized spacial score (nSPS) is 14.1. The highest BCUT2D eigenvalue weighted by Crippen LogP contribution is 2.53. The zero-order valence-electron chi connectivity index (χ0n) is 11.6. The topological polar surface area (TPSA) is 40.5 Å². The van der Waals surface area contributed by atoms with Crippen molar-refractivity contribution in [2.45, 2.75) is 53.4 Å². The summed E-state index contributed by atoms with van der Waals surface area (Å²) in [7, 11) is 1.39. The molecule has 5 heteroatoms. The Morgan fingerprint density at radius 2 is 1.88 bits per heavy atom. The van der Waals surface area contributed by atoms with E-state index in [2.05, 4.69) is 27.7 Å². The number of hydrogen-bond acceptors (Lipinski definition) is 1. The molecule has 0 bridgehead atoms. The predicted octanol–water partition coefficient (Wildman–Crippen LogP) is 4.34. The van der Waals surface area contributed by atoms with E-state index in [1.54, 1.807) is 0 Å². The number of unbranched alkanes of at least 4 members (excludes halogenated alkanes) is 1. The van der Waals surface area contributed by atoms with Gasteiger partial charge in [0.2, 0.25) is 10.9 Å². The molecule has 0 spiro atoms. The molecule has 0 aromatic heterocycles. The van der Waals surface area contributed by atoms with Crippen LogP contribution in [0.2, 0.25) is 0 Å². The summed E-state index contributed by atoms with van der Waals surface area (Å²) in [6.07, 6.45) is 4.83. The molecular formula is C12H28O2PS2+. The van der Waals surface area contributed by atoms with Crippen molar-refractivity contribution in [3.63, 3.8) is 0 Å². The summed E-state index contributed by atoms with van der Waals surface area (Å²) in [4.78, 5) is 19.9. The predicted molar refractivity (Wildman–Crippen MR) is 84.2 cm³/mol. The van der Waals surface area contributed by atoms with E-state index in [9.17, 15) is 9.79 Å². The van der Waals surface area contributed by atoms with Gasteiger partial charge in [-0.05, 0) is 30.1 Å². The van der Waals surface area contributed by atoms with Crippen molar-refractivity contribution in [1.82, 2.24) is 0 Å². The smallest absolute Gasteiger partial charge is 0.304 e. The summed E-state index contributed by atoms with van der Waals surface area (Å²) >= 11 is 1.35. The van der Waals surface area contributed by atoms with E-state index in [4.69, 9.17) is 0 Å².